The zero-order valence-corrected chi connectivity index (χ0v) is 9.34. The van der Waals surface area contributed by atoms with Gasteiger partial charge in [0.1, 0.15) is 6.61 Å². The number of carboxylic acids is 1. The molecule has 0 aliphatic carbocycles. The zero-order chi connectivity index (χ0) is 13.0. The van der Waals surface area contributed by atoms with E-state index in [1.54, 1.807) is 24.5 Å². The number of hydrogen-bond donors (Lipinski definition) is 1. The molecular weight excluding hydrogens is 237 g/mol. The maximum absolute atomic E-state index is 13.5. The number of nitrogens with zero attached hydrogens (tertiary/aromatic N) is 1. The van der Waals surface area contributed by atoms with E-state index in [1.807, 2.05) is 0 Å². The van der Waals surface area contributed by atoms with Crippen molar-refractivity contribution in [3.05, 3.63) is 59.7 Å². The van der Waals surface area contributed by atoms with Gasteiger partial charge in [-0.3, -0.25) is 4.98 Å². The smallest absolute Gasteiger partial charge is 0.335 e. The molecule has 0 fully saturated rings. The fourth-order valence-corrected chi connectivity index (χ4v) is 1.39. The summed E-state index contributed by atoms with van der Waals surface area (Å²) in [5, 5.41) is 8.69. The van der Waals surface area contributed by atoms with Gasteiger partial charge in [-0.05, 0) is 35.9 Å². The molecule has 0 aliphatic rings. The van der Waals surface area contributed by atoms with Crippen LogP contribution in [0.2, 0.25) is 0 Å². The van der Waals surface area contributed by atoms with E-state index in [0.717, 1.165) is 11.6 Å². The van der Waals surface area contributed by atoms with E-state index in [4.69, 9.17) is 9.84 Å². The molecule has 1 N–H and O–H groups in total. The number of carbonyl (C=O) groups is 1. The van der Waals surface area contributed by atoms with Gasteiger partial charge in [0.2, 0.25) is 0 Å². The Kier molecular flexibility index (Phi) is 3.52. The highest BCUT2D eigenvalue weighted by Gasteiger charge is 2.09. The number of hydrogen-bond acceptors (Lipinski definition) is 3. The quantitative estimate of drug-likeness (QED) is 0.901. The second-order valence-electron chi connectivity index (χ2n) is 3.59. The average molecular weight is 247 g/mol. The lowest BCUT2D eigenvalue weighted by Crippen LogP contribution is -2.01. The van der Waals surface area contributed by atoms with Gasteiger partial charge in [-0.1, -0.05) is 0 Å². The summed E-state index contributed by atoms with van der Waals surface area (Å²) in [5.41, 5.74) is 0.746. The molecule has 0 bridgehead atoms. The SMILES string of the molecule is O=C(O)c1ccc(OCc2ccncc2)c(F)c1. The Hall–Kier alpha value is -2.43. The standard InChI is InChI=1S/C13H10FNO3/c14-11-7-10(13(16)17)1-2-12(11)18-8-9-3-5-15-6-4-9/h1-7H,8H2,(H,16,17). The Labute approximate surface area is 103 Å². The molecule has 2 aromatic rings. The van der Waals surface area contributed by atoms with Crippen molar-refractivity contribution < 1.29 is 19.0 Å². The van der Waals surface area contributed by atoms with Gasteiger partial charge < -0.3 is 9.84 Å². The first kappa shape index (κ1) is 12.0. The van der Waals surface area contributed by atoms with Crippen molar-refractivity contribution in [2.24, 2.45) is 0 Å². The van der Waals surface area contributed by atoms with Gasteiger partial charge in [0.15, 0.2) is 11.6 Å². The molecule has 0 radical (unpaired) electrons. The molecule has 0 unspecified atom stereocenters. The third kappa shape index (κ3) is 2.82. The number of carboxylic acid groups (broad SMARTS) is 1. The van der Waals surface area contributed by atoms with E-state index < -0.39 is 11.8 Å². The zero-order valence-electron chi connectivity index (χ0n) is 9.34. The minimum atomic E-state index is -1.17. The Morgan fingerprint density at radius 2 is 2.00 bits per heavy atom. The highest BCUT2D eigenvalue weighted by Crippen LogP contribution is 2.19. The summed E-state index contributed by atoms with van der Waals surface area (Å²) in [6.07, 6.45) is 3.23. The number of aromatic nitrogens is 1. The lowest BCUT2D eigenvalue weighted by Gasteiger charge is -2.07. The molecule has 1 aromatic carbocycles. The van der Waals surface area contributed by atoms with Crippen LogP contribution in [0.4, 0.5) is 4.39 Å². The summed E-state index contributed by atoms with van der Waals surface area (Å²) in [7, 11) is 0. The molecule has 5 heteroatoms. The molecule has 0 amide bonds. The van der Waals surface area contributed by atoms with Gasteiger partial charge >= 0.3 is 5.97 Å². The largest absolute Gasteiger partial charge is 0.486 e. The monoisotopic (exact) mass is 247 g/mol. The van der Waals surface area contributed by atoms with Crippen LogP contribution in [0.25, 0.3) is 0 Å². The number of benzene rings is 1. The van der Waals surface area contributed by atoms with Gasteiger partial charge in [0.05, 0.1) is 5.56 Å². The molecule has 1 heterocycles. The number of rotatable bonds is 4. The van der Waals surface area contributed by atoms with E-state index in [9.17, 15) is 9.18 Å². The maximum atomic E-state index is 13.5. The molecule has 0 aliphatic heterocycles. The first-order valence-corrected chi connectivity index (χ1v) is 5.21. The van der Waals surface area contributed by atoms with Crippen LogP contribution >= 0.6 is 0 Å². The molecule has 92 valence electrons. The minimum Gasteiger partial charge on any atom is -0.486 e. The van der Waals surface area contributed by atoms with Crippen LogP contribution in [0.1, 0.15) is 15.9 Å². The fraction of sp³-hybridized carbons (Fsp3) is 0.0769. The third-order valence-electron chi connectivity index (χ3n) is 2.32. The van der Waals surface area contributed by atoms with Crippen LogP contribution in [0.3, 0.4) is 0 Å². The number of ether oxygens (including phenoxy) is 1. The molecule has 0 spiro atoms. The lowest BCUT2D eigenvalue weighted by atomic mass is 10.2. The van der Waals surface area contributed by atoms with E-state index in [-0.39, 0.29) is 17.9 Å². The minimum absolute atomic E-state index is 0.0248. The van der Waals surface area contributed by atoms with Crippen molar-refractivity contribution in [1.29, 1.82) is 0 Å². The van der Waals surface area contributed by atoms with E-state index in [0.29, 0.717) is 0 Å². The van der Waals surface area contributed by atoms with E-state index in [2.05, 4.69) is 4.98 Å². The average Bonchev–Trinajstić information content (AvgIpc) is 2.38. The topological polar surface area (TPSA) is 59.4 Å². The predicted molar refractivity (Wildman–Crippen MR) is 61.9 cm³/mol. The van der Waals surface area contributed by atoms with Crippen molar-refractivity contribution in [3.8, 4) is 5.75 Å². The maximum Gasteiger partial charge on any atom is 0.335 e. The van der Waals surface area contributed by atoms with Crippen LogP contribution < -0.4 is 4.74 Å². The Morgan fingerprint density at radius 3 is 2.61 bits per heavy atom. The first-order chi connectivity index (χ1) is 8.66. The molecule has 4 nitrogen and oxygen atoms in total. The van der Waals surface area contributed by atoms with E-state index >= 15 is 0 Å². The van der Waals surface area contributed by atoms with Gasteiger partial charge in [-0.2, -0.15) is 0 Å². The molecule has 0 atom stereocenters. The highest BCUT2D eigenvalue weighted by molar-refractivity contribution is 5.87. The van der Waals surface area contributed by atoms with Gasteiger partial charge in [-0.25, -0.2) is 9.18 Å². The van der Waals surface area contributed by atoms with Crippen molar-refractivity contribution in [2.45, 2.75) is 6.61 Å². The second-order valence-corrected chi connectivity index (χ2v) is 3.59. The van der Waals surface area contributed by atoms with Gasteiger partial charge in [0, 0.05) is 12.4 Å². The Bertz CT molecular complexity index is 557. The molecule has 18 heavy (non-hydrogen) atoms. The molecule has 2 rings (SSSR count). The van der Waals surface area contributed by atoms with Crippen molar-refractivity contribution in [1.82, 2.24) is 4.98 Å². The lowest BCUT2D eigenvalue weighted by molar-refractivity contribution is 0.0696. The number of halogens is 1. The van der Waals surface area contributed by atoms with Gasteiger partial charge in [-0.15, -0.1) is 0 Å². The third-order valence-corrected chi connectivity index (χ3v) is 2.32. The van der Waals surface area contributed by atoms with E-state index in [1.165, 1.54) is 12.1 Å². The Balaban J connectivity index is 2.08. The molecule has 0 saturated carbocycles. The molecule has 0 saturated heterocycles. The molecule has 1 aromatic heterocycles. The van der Waals surface area contributed by atoms with Crippen molar-refractivity contribution in [2.75, 3.05) is 0 Å². The Morgan fingerprint density at radius 1 is 1.28 bits per heavy atom. The second kappa shape index (κ2) is 5.27. The van der Waals surface area contributed by atoms with Crippen LogP contribution in [-0.2, 0) is 6.61 Å². The molecular formula is C13H10FNO3. The summed E-state index contributed by atoms with van der Waals surface area (Å²) in [4.78, 5) is 14.5. The highest BCUT2D eigenvalue weighted by atomic mass is 19.1. The number of aromatic carboxylic acids is 1. The summed E-state index contributed by atoms with van der Waals surface area (Å²) >= 11 is 0. The van der Waals surface area contributed by atoms with Crippen LogP contribution in [-0.4, -0.2) is 16.1 Å². The number of pyridine rings is 1. The van der Waals surface area contributed by atoms with Crippen molar-refractivity contribution >= 4 is 5.97 Å². The summed E-state index contributed by atoms with van der Waals surface area (Å²) in [5.74, 6) is -1.84. The summed E-state index contributed by atoms with van der Waals surface area (Å²) in [6.45, 7) is 0.200. The normalized spacial score (nSPS) is 10.1. The van der Waals surface area contributed by atoms with Gasteiger partial charge in [0.25, 0.3) is 0 Å². The van der Waals surface area contributed by atoms with Crippen LogP contribution in [0.5, 0.6) is 5.75 Å². The van der Waals surface area contributed by atoms with Crippen molar-refractivity contribution in [3.63, 3.8) is 0 Å². The predicted octanol–water partition coefficient (Wildman–Crippen LogP) is 2.50. The summed E-state index contributed by atoms with van der Waals surface area (Å²) < 4.78 is 18.8. The fourth-order valence-electron chi connectivity index (χ4n) is 1.39. The summed E-state index contributed by atoms with van der Waals surface area (Å²) in [6, 6.07) is 7.05. The first-order valence-electron chi connectivity index (χ1n) is 5.21. The van der Waals surface area contributed by atoms with Crippen LogP contribution in [0, 0.1) is 5.82 Å². The van der Waals surface area contributed by atoms with Crippen LogP contribution in [0.15, 0.2) is 42.7 Å².